The highest BCUT2D eigenvalue weighted by Gasteiger charge is 2.24. The van der Waals surface area contributed by atoms with Crippen LogP contribution in [0.1, 0.15) is 5.56 Å². The predicted octanol–water partition coefficient (Wildman–Crippen LogP) is 6.42. The maximum absolute atomic E-state index is 14.2. The Hall–Kier alpha value is -3.72. The summed E-state index contributed by atoms with van der Waals surface area (Å²) in [6.45, 7) is 2.18. The summed E-state index contributed by atoms with van der Waals surface area (Å²) in [6, 6.07) is 22.5. The molecule has 4 aromatic carbocycles. The summed E-state index contributed by atoms with van der Waals surface area (Å²) in [5.41, 5.74) is 6.08. The van der Waals surface area contributed by atoms with Crippen LogP contribution in [0, 0.1) is 12.7 Å². The highest BCUT2D eigenvalue weighted by molar-refractivity contribution is 6.29. The van der Waals surface area contributed by atoms with Crippen molar-refractivity contribution in [3.63, 3.8) is 0 Å². The fourth-order valence-electron chi connectivity index (χ4n) is 5.42. The SMILES string of the molecule is Cc1ccc2c3ccccc3n3c4cc5ccc(F)cc5c5cc[n+](C)c(c1c23)c54. The van der Waals surface area contributed by atoms with Crippen LogP contribution in [0.4, 0.5) is 4.39 Å². The van der Waals surface area contributed by atoms with Crippen molar-refractivity contribution in [1.82, 2.24) is 4.40 Å². The monoisotopic (exact) mass is 389 g/mol. The Morgan fingerprint density at radius 3 is 2.53 bits per heavy atom. The van der Waals surface area contributed by atoms with Crippen molar-refractivity contribution < 1.29 is 8.96 Å². The topological polar surface area (TPSA) is 8.29 Å². The molecule has 0 aliphatic heterocycles. The zero-order valence-corrected chi connectivity index (χ0v) is 16.7. The van der Waals surface area contributed by atoms with E-state index in [1.165, 1.54) is 49.2 Å². The highest BCUT2D eigenvalue weighted by Crippen LogP contribution is 2.42. The Morgan fingerprint density at radius 2 is 1.63 bits per heavy atom. The van der Waals surface area contributed by atoms with Crippen LogP contribution >= 0.6 is 0 Å². The lowest BCUT2D eigenvalue weighted by atomic mass is 9.96. The molecule has 0 aliphatic carbocycles. The molecule has 0 radical (unpaired) electrons. The smallest absolute Gasteiger partial charge is 0.224 e. The number of pyridine rings is 2. The molecule has 3 heteroatoms. The molecule has 0 aliphatic rings. The van der Waals surface area contributed by atoms with Crippen LogP contribution in [0.3, 0.4) is 0 Å². The Balaban J connectivity index is 1.98. The van der Waals surface area contributed by atoms with Gasteiger partial charge in [-0.25, -0.2) is 8.96 Å². The number of benzene rings is 4. The van der Waals surface area contributed by atoms with E-state index in [2.05, 4.69) is 77.7 Å². The van der Waals surface area contributed by atoms with E-state index in [1.54, 1.807) is 12.1 Å². The molecule has 30 heavy (non-hydrogen) atoms. The lowest BCUT2D eigenvalue weighted by Crippen LogP contribution is -2.29. The van der Waals surface area contributed by atoms with E-state index in [9.17, 15) is 4.39 Å². The fourth-order valence-corrected chi connectivity index (χ4v) is 5.42. The van der Waals surface area contributed by atoms with E-state index in [1.807, 2.05) is 6.07 Å². The predicted molar refractivity (Wildman–Crippen MR) is 122 cm³/mol. The second kappa shape index (κ2) is 5.25. The van der Waals surface area contributed by atoms with Gasteiger partial charge in [0.15, 0.2) is 6.20 Å². The second-order valence-corrected chi connectivity index (χ2v) is 8.33. The molecule has 0 unspecified atom stereocenters. The van der Waals surface area contributed by atoms with Crippen molar-refractivity contribution in [1.29, 1.82) is 0 Å². The minimum Gasteiger partial charge on any atom is -0.307 e. The van der Waals surface area contributed by atoms with E-state index < -0.39 is 0 Å². The Morgan fingerprint density at radius 1 is 0.767 bits per heavy atom. The molecule has 0 atom stereocenters. The van der Waals surface area contributed by atoms with Crippen molar-refractivity contribution >= 4 is 59.8 Å². The van der Waals surface area contributed by atoms with Gasteiger partial charge in [0, 0.05) is 22.2 Å². The summed E-state index contributed by atoms with van der Waals surface area (Å²) in [6.07, 6.45) is 2.10. The van der Waals surface area contributed by atoms with E-state index in [0.717, 1.165) is 16.2 Å². The number of aryl methyl sites for hydroxylation is 2. The van der Waals surface area contributed by atoms with Crippen molar-refractivity contribution in [3.8, 4) is 0 Å². The number of hydrogen-bond acceptors (Lipinski definition) is 0. The Kier molecular flexibility index (Phi) is 2.82. The summed E-state index contributed by atoms with van der Waals surface area (Å²) in [5.74, 6) is -0.200. The number of fused-ring (bicyclic) bond motifs is 7. The molecule has 3 heterocycles. The molecule has 0 N–H and O–H groups in total. The maximum atomic E-state index is 14.2. The molecule has 142 valence electrons. The first kappa shape index (κ1) is 16.1. The standard InChI is InChI=1S/C27H18FN2/c1-15-7-10-20-18-5-3-4-6-22(18)30-23-13-16-8-9-17(28)14-21(16)19-11-12-29(2)27(25(19)23)24(15)26(20)30/h3-14H,1-2H3/q+1. The highest BCUT2D eigenvalue weighted by atomic mass is 19.1. The second-order valence-electron chi connectivity index (χ2n) is 8.33. The summed E-state index contributed by atoms with van der Waals surface area (Å²) in [5, 5.41) is 8.09. The maximum Gasteiger partial charge on any atom is 0.224 e. The minimum absolute atomic E-state index is 0.200. The average Bonchev–Trinajstić information content (AvgIpc) is 3.09. The van der Waals surface area contributed by atoms with E-state index >= 15 is 0 Å². The van der Waals surface area contributed by atoms with Crippen molar-refractivity contribution in [3.05, 3.63) is 84.3 Å². The molecule has 0 saturated carbocycles. The number of halogens is 1. The van der Waals surface area contributed by atoms with Gasteiger partial charge in [0.2, 0.25) is 5.52 Å². The van der Waals surface area contributed by atoms with Gasteiger partial charge in [-0.1, -0.05) is 36.4 Å². The molecule has 0 spiro atoms. The molecule has 0 bridgehead atoms. The van der Waals surface area contributed by atoms with Gasteiger partial charge in [-0.05, 0) is 47.5 Å². The van der Waals surface area contributed by atoms with Gasteiger partial charge in [0.25, 0.3) is 0 Å². The van der Waals surface area contributed by atoms with Gasteiger partial charge in [0.1, 0.15) is 12.9 Å². The molecule has 7 aromatic rings. The van der Waals surface area contributed by atoms with Crippen LogP contribution in [0.2, 0.25) is 0 Å². The van der Waals surface area contributed by atoms with Gasteiger partial charge in [-0.2, -0.15) is 0 Å². The lowest BCUT2D eigenvalue weighted by Gasteiger charge is -2.14. The summed E-state index contributed by atoms with van der Waals surface area (Å²) >= 11 is 0. The van der Waals surface area contributed by atoms with E-state index in [4.69, 9.17) is 0 Å². The van der Waals surface area contributed by atoms with Crippen LogP contribution in [0.15, 0.2) is 72.9 Å². The van der Waals surface area contributed by atoms with Crippen LogP contribution in [-0.2, 0) is 7.05 Å². The zero-order valence-electron chi connectivity index (χ0n) is 16.7. The van der Waals surface area contributed by atoms with Crippen molar-refractivity contribution in [2.24, 2.45) is 7.05 Å². The van der Waals surface area contributed by atoms with Crippen LogP contribution in [0.5, 0.6) is 0 Å². The van der Waals surface area contributed by atoms with Gasteiger partial charge >= 0.3 is 0 Å². The third-order valence-corrected chi connectivity index (χ3v) is 6.70. The van der Waals surface area contributed by atoms with Gasteiger partial charge in [-0.3, -0.25) is 0 Å². The fraction of sp³-hybridized carbons (Fsp3) is 0.0741. The minimum atomic E-state index is -0.200. The normalized spacial score (nSPS) is 12.5. The molecule has 2 nitrogen and oxygen atoms in total. The zero-order chi connectivity index (χ0) is 20.1. The number of para-hydroxylation sites is 1. The van der Waals surface area contributed by atoms with Crippen molar-refractivity contribution in [2.45, 2.75) is 6.92 Å². The van der Waals surface area contributed by atoms with Crippen molar-refractivity contribution in [2.75, 3.05) is 0 Å². The van der Waals surface area contributed by atoms with Crippen LogP contribution in [0.25, 0.3) is 59.8 Å². The quantitative estimate of drug-likeness (QED) is 0.161. The van der Waals surface area contributed by atoms with Crippen LogP contribution in [-0.4, -0.2) is 4.40 Å². The molecule has 0 saturated heterocycles. The molecular formula is C27H18FN2+. The first-order chi connectivity index (χ1) is 14.6. The molecule has 0 amide bonds. The first-order valence-corrected chi connectivity index (χ1v) is 10.2. The third kappa shape index (κ3) is 1.77. The number of rotatable bonds is 0. The summed E-state index contributed by atoms with van der Waals surface area (Å²) < 4.78 is 18.8. The number of aromatic nitrogens is 2. The molecular weight excluding hydrogens is 371 g/mol. The first-order valence-electron chi connectivity index (χ1n) is 10.2. The Labute approximate surface area is 171 Å². The van der Waals surface area contributed by atoms with Gasteiger partial charge in [0.05, 0.1) is 27.3 Å². The molecule has 0 fully saturated rings. The average molecular weight is 389 g/mol. The van der Waals surface area contributed by atoms with Crippen LogP contribution < -0.4 is 4.57 Å². The molecule has 7 rings (SSSR count). The van der Waals surface area contributed by atoms with Gasteiger partial charge in [-0.15, -0.1) is 0 Å². The molecule has 3 aromatic heterocycles. The lowest BCUT2D eigenvalue weighted by molar-refractivity contribution is -0.643. The summed E-state index contributed by atoms with van der Waals surface area (Å²) in [7, 11) is 2.10. The number of hydrogen-bond donors (Lipinski definition) is 0. The number of nitrogens with zero attached hydrogens (tertiary/aromatic N) is 2. The third-order valence-electron chi connectivity index (χ3n) is 6.70. The van der Waals surface area contributed by atoms with E-state index in [0.29, 0.717) is 0 Å². The Bertz CT molecular complexity index is 1820. The largest absolute Gasteiger partial charge is 0.307 e. The van der Waals surface area contributed by atoms with E-state index in [-0.39, 0.29) is 5.82 Å². The van der Waals surface area contributed by atoms with Gasteiger partial charge < -0.3 is 4.40 Å². The summed E-state index contributed by atoms with van der Waals surface area (Å²) in [4.78, 5) is 0.